The Morgan fingerprint density at radius 3 is 2.64 bits per heavy atom. The van der Waals surface area contributed by atoms with E-state index in [1.54, 1.807) is 0 Å². The van der Waals surface area contributed by atoms with E-state index >= 15 is 0 Å². The van der Waals surface area contributed by atoms with Crippen molar-refractivity contribution in [3.63, 3.8) is 0 Å². The molecule has 14 heavy (non-hydrogen) atoms. The maximum atomic E-state index is 5.91. The van der Waals surface area contributed by atoms with Crippen molar-refractivity contribution in [2.75, 3.05) is 13.2 Å². The number of para-hydroxylation sites is 1. The predicted octanol–water partition coefficient (Wildman–Crippen LogP) is 2.55. The highest BCUT2D eigenvalue weighted by atomic mass is 16.5. The van der Waals surface area contributed by atoms with Gasteiger partial charge in [0.2, 0.25) is 0 Å². The van der Waals surface area contributed by atoms with Crippen LogP contribution in [0.15, 0.2) is 24.3 Å². The molecule has 0 amide bonds. The third kappa shape index (κ3) is 2.26. The average Bonchev–Trinajstić information content (AvgIpc) is 2.23. The van der Waals surface area contributed by atoms with Gasteiger partial charge in [-0.05, 0) is 18.6 Å². The first-order valence-electron chi connectivity index (χ1n) is 5.16. The van der Waals surface area contributed by atoms with Gasteiger partial charge in [0.15, 0.2) is 0 Å². The minimum Gasteiger partial charge on any atom is -0.490 e. The van der Waals surface area contributed by atoms with Gasteiger partial charge in [-0.25, -0.2) is 0 Å². The van der Waals surface area contributed by atoms with Crippen LogP contribution in [0.1, 0.15) is 18.4 Å². The molecule has 1 aliphatic rings. The van der Waals surface area contributed by atoms with Crippen molar-refractivity contribution in [1.29, 1.82) is 0 Å². The second-order valence-electron chi connectivity index (χ2n) is 3.70. The summed E-state index contributed by atoms with van der Waals surface area (Å²) in [6.07, 6.45) is 2.35. The zero-order valence-corrected chi connectivity index (χ0v) is 8.53. The number of benzene rings is 1. The second-order valence-corrected chi connectivity index (χ2v) is 3.70. The van der Waals surface area contributed by atoms with Gasteiger partial charge in [0.1, 0.15) is 11.9 Å². The summed E-state index contributed by atoms with van der Waals surface area (Å²) in [5, 5.41) is 0. The maximum Gasteiger partial charge on any atom is 0.122 e. The molecule has 1 fully saturated rings. The molecule has 0 radical (unpaired) electrons. The monoisotopic (exact) mass is 192 g/mol. The Bertz CT molecular complexity index is 290. The summed E-state index contributed by atoms with van der Waals surface area (Å²) >= 11 is 0. The maximum absolute atomic E-state index is 5.91. The molecule has 1 heterocycles. The van der Waals surface area contributed by atoms with Gasteiger partial charge in [0, 0.05) is 12.8 Å². The van der Waals surface area contributed by atoms with Crippen molar-refractivity contribution < 1.29 is 9.47 Å². The molecule has 1 aromatic carbocycles. The van der Waals surface area contributed by atoms with Crippen LogP contribution >= 0.6 is 0 Å². The molecule has 0 spiro atoms. The van der Waals surface area contributed by atoms with E-state index in [4.69, 9.17) is 9.47 Å². The third-order valence-corrected chi connectivity index (χ3v) is 2.56. The summed E-state index contributed by atoms with van der Waals surface area (Å²) in [6.45, 7) is 3.74. The lowest BCUT2D eigenvalue weighted by molar-refractivity contribution is 0.0253. The quantitative estimate of drug-likeness (QED) is 0.717. The Morgan fingerprint density at radius 1 is 1.21 bits per heavy atom. The molecule has 2 heteroatoms. The Morgan fingerprint density at radius 2 is 1.93 bits per heavy atom. The summed E-state index contributed by atoms with van der Waals surface area (Å²) in [6, 6.07) is 8.16. The number of hydrogen-bond donors (Lipinski definition) is 0. The van der Waals surface area contributed by atoms with E-state index in [0.29, 0.717) is 6.10 Å². The zero-order chi connectivity index (χ0) is 9.80. The van der Waals surface area contributed by atoms with Crippen molar-refractivity contribution in [2.24, 2.45) is 0 Å². The number of aryl methyl sites for hydroxylation is 1. The molecule has 0 aliphatic carbocycles. The molecular weight excluding hydrogens is 176 g/mol. The molecule has 0 bridgehead atoms. The van der Waals surface area contributed by atoms with Gasteiger partial charge < -0.3 is 9.47 Å². The molecule has 0 aromatic heterocycles. The van der Waals surface area contributed by atoms with Crippen LogP contribution in [0.5, 0.6) is 5.75 Å². The smallest absolute Gasteiger partial charge is 0.122 e. The van der Waals surface area contributed by atoms with Crippen LogP contribution in [0.4, 0.5) is 0 Å². The molecule has 1 saturated heterocycles. The second kappa shape index (κ2) is 4.47. The SMILES string of the molecule is Cc1ccccc1OC1CCOCC1. The molecule has 1 aliphatic heterocycles. The van der Waals surface area contributed by atoms with Crippen LogP contribution in [-0.2, 0) is 4.74 Å². The molecular formula is C12H16O2. The fourth-order valence-corrected chi connectivity index (χ4v) is 1.66. The average molecular weight is 192 g/mol. The molecule has 0 atom stereocenters. The minimum atomic E-state index is 0.338. The minimum absolute atomic E-state index is 0.338. The lowest BCUT2D eigenvalue weighted by Gasteiger charge is -2.24. The molecule has 1 aromatic rings. The summed E-state index contributed by atoms with van der Waals surface area (Å²) in [4.78, 5) is 0. The Labute approximate surface area is 84.8 Å². The fraction of sp³-hybridized carbons (Fsp3) is 0.500. The Kier molecular flexibility index (Phi) is 3.04. The first-order valence-corrected chi connectivity index (χ1v) is 5.16. The third-order valence-electron chi connectivity index (χ3n) is 2.56. The molecule has 0 saturated carbocycles. The number of hydrogen-bond acceptors (Lipinski definition) is 2. The van der Waals surface area contributed by atoms with Gasteiger partial charge in [-0.15, -0.1) is 0 Å². The largest absolute Gasteiger partial charge is 0.490 e. The zero-order valence-electron chi connectivity index (χ0n) is 8.53. The van der Waals surface area contributed by atoms with Gasteiger partial charge >= 0.3 is 0 Å². The van der Waals surface area contributed by atoms with Gasteiger partial charge in [-0.1, -0.05) is 18.2 Å². The number of rotatable bonds is 2. The van der Waals surface area contributed by atoms with Gasteiger partial charge in [0.05, 0.1) is 13.2 Å². The lowest BCUT2D eigenvalue weighted by Crippen LogP contribution is -2.26. The molecule has 0 N–H and O–H groups in total. The van der Waals surface area contributed by atoms with E-state index in [1.807, 2.05) is 18.2 Å². The lowest BCUT2D eigenvalue weighted by atomic mass is 10.1. The topological polar surface area (TPSA) is 18.5 Å². The van der Waals surface area contributed by atoms with Crippen LogP contribution in [0.25, 0.3) is 0 Å². The summed E-state index contributed by atoms with van der Waals surface area (Å²) in [7, 11) is 0. The molecule has 2 rings (SSSR count). The van der Waals surface area contributed by atoms with Crippen molar-refractivity contribution in [1.82, 2.24) is 0 Å². The van der Waals surface area contributed by atoms with E-state index in [1.165, 1.54) is 5.56 Å². The van der Waals surface area contributed by atoms with E-state index in [2.05, 4.69) is 13.0 Å². The van der Waals surface area contributed by atoms with E-state index in [0.717, 1.165) is 31.8 Å². The number of ether oxygens (including phenoxy) is 2. The van der Waals surface area contributed by atoms with Crippen LogP contribution in [0.3, 0.4) is 0 Å². The Balaban J connectivity index is 1.99. The van der Waals surface area contributed by atoms with Crippen LogP contribution in [-0.4, -0.2) is 19.3 Å². The van der Waals surface area contributed by atoms with Crippen molar-refractivity contribution in [2.45, 2.75) is 25.9 Å². The first-order chi connectivity index (χ1) is 6.86. The van der Waals surface area contributed by atoms with Crippen molar-refractivity contribution in [3.05, 3.63) is 29.8 Å². The van der Waals surface area contributed by atoms with E-state index < -0.39 is 0 Å². The molecule has 76 valence electrons. The van der Waals surface area contributed by atoms with Crippen LogP contribution < -0.4 is 4.74 Å². The first kappa shape index (κ1) is 9.53. The van der Waals surface area contributed by atoms with Crippen LogP contribution in [0.2, 0.25) is 0 Å². The fourth-order valence-electron chi connectivity index (χ4n) is 1.66. The van der Waals surface area contributed by atoms with Gasteiger partial charge in [-0.3, -0.25) is 0 Å². The summed E-state index contributed by atoms with van der Waals surface area (Å²) in [5.41, 5.74) is 1.21. The van der Waals surface area contributed by atoms with Crippen LogP contribution in [0, 0.1) is 6.92 Å². The highest BCUT2D eigenvalue weighted by Gasteiger charge is 2.15. The summed E-state index contributed by atoms with van der Waals surface area (Å²) < 4.78 is 11.2. The Hall–Kier alpha value is -1.02. The van der Waals surface area contributed by atoms with Gasteiger partial charge in [0.25, 0.3) is 0 Å². The standard InChI is InChI=1S/C12H16O2/c1-10-4-2-3-5-12(10)14-11-6-8-13-9-7-11/h2-5,11H,6-9H2,1H3. The molecule has 2 nitrogen and oxygen atoms in total. The van der Waals surface area contributed by atoms with Crippen molar-refractivity contribution >= 4 is 0 Å². The highest BCUT2D eigenvalue weighted by Crippen LogP contribution is 2.21. The highest BCUT2D eigenvalue weighted by molar-refractivity contribution is 5.31. The molecule has 0 unspecified atom stereocenters. The van der Waals surface area contributed by atoms with E-state index in [9.17, 15) is 0 Å². The predicted molar refractivity (Wildman–Crippen MR) is 55.6 cm³/mol. The summed E-state index contributed by atoms with van der Waals surface area (Å²) in [5.74, 6) is 1.01. The van der Waals surface area contributed by atoms with E-state index in [-0.39, 0.29) is 0 Å². The normalized spacial score (nSPS) is 18.1. The van der Waals surface area contributed by atoms with Gasteiger partial charge in [-0.2, -0.15) is 0 Å². The van der Waals surface area contributed by atoms with Crippen molar-refractivity contribution in [3.8, 4) is 5.75 Å².